The van der Waals surface area contributed by atoms with E-state index in [1.807, 2.05) is 0 Å². The summed E-state index contributed by atoms with van der Waals surface area (Å²) in [5.74, 6) is -0.265. The average Bonchev–Trinajstić information content (AvgIpc) is 2.37. The molecule has 0 saturated carbocycles. The van der Waals surface area contributed by atoms with Crippen LogP contribution in [-0.4, -0.2) is 33.5 Å². The van der Waals surface area contributed by atoms with Crippen LogP contribution in [0.5, 0.6) is 0 Å². The molecule has 0 fully saturated rings. The van der Waals surface area contributed by atoms with Crippen LogP contribution in [-0.2, 0) is 10.0 Å². The van der Waals surface area contributed by atoms with Crippen LogP contribution in [0.1, 0.15) is 24.2 Å². The fraction of sp³-hybridized carbons (Fsp3) is 0.417. The molecule has 0 spiro atoms. The second kappa shape index (κ2) is 5.68. The topological polar surface area (TPSA) is 101 Å². The van der Waals surface area contributed by atoms with E-state index in [9.17, 15) is 13.2 Å². The van der Waals surface area contributed by atoms with Crippen molar-refractivity contribution in [1.82, 2.24) is 10.0 Å². The summed E-state index contributed by atoms with van der Waals surface area (Å²) in [6.07, 6.45) is 0. The lowest BCUT2D eigenvalue weighted by Crippen LogP contribution is -2.48. The molecule has 1 aromatic rings. The van der Waals surface area contributed by atoms with Crippen molar-refractivity contribution in [3.8, 4) is 0 Å². The maximum atomic E-state index is 12.1. The van der Waals surface area contributed by atoms with Crippen molar-refractivity contribution in [3.05, 3.63) is 29.8 Å². The fourth-order valence-electron chi connectivity index (χ4n) is 1.39. The molecule has 1 amide bonds. The maximum absolute atomic E-state index is 12.1. The maximum Gasteiger partial charge on any atom is 0.251 e. The first-order chi connectivity index (χ1) is 8.72. The predicted octanol–water partition coefficient (Wildman–Crippen LogP) is 0.0618. The van der Waals surface area contributed by atoms with Gasteiger partial charge in [-0.05, 0) is 38.1 Å². The molecule has 0 aromatic heterocycles. The highest BCUT2D eigenvalue weighted by atomic mass is 32.2. The number of hydrogen-bond acceptors (Lipinski definition) is 4. The van der Waals surface area contributed by atoms with Crippen molar-refractivity contribution in [2.45, 2.75) is 24.3 Å². The van der Waals surface area contributed by atoms with Gasteiger partial charge in [0, 0.05) is 24.7 Å². The van der Waals surface area contributed by atoms with E-state index in [-0.39, 0.29) is 17.3 Å². The van der Waals surface area contributed by atoms with Gasteiger partial charge in [0.25, 0.3) is 5.91 Å². The first-order valence-corrected chi connectivity index (χ1v) is 7.26. The van der Waals surface area contributed by atoms with Gasteiger partial charge in [0.1, 0.15) is 0 Å². The van der Waals surface area contributed by atoms with Crippen LogP contribution in [0.3, 0.4) is 0 Å². The number of carbonyl (C=O) groups excluding carboxylic acids is 1. The molecule has 0 aliphatic heterocycles. The SMILES string of the molecule is CNC(=O)c1ccc(S(=O)(=O)NC(C)(C)CN)cc1. The summed E-state index contributed by atoms with van der Waals surface area (Å²) in [6, 6.07) is 5.70. The number of rotatable bonds is 5. The van der Waals surface area contributed by atoms with Crippen LogP contribution >= 0.6 is 0 Å². The van der Waals surface area contributed by atoms with Gasteiger partial charge in [0.2, 0.25) is 10.0 Å². The van der Waals surface area contributed by atoms with Gasteiger partial charge in [-0.2, -0.15) is 0 Å². The van der Waals surface area contributed by atoms with Crippen LogP contribution in [0.4, 0.5) is 0 Å². The van der Waals surface area contributed by atoms with Gasteiger partial charge in [-0.1, -0.05) is 0 Å². The zero-order chi connectivity index (χ0) is 14.7. The highest BCUT2D eigenvalue weighted by molar-refractivity contribution is 7.89. The Kier molecular flexibility index (Phi) is 4.67. The molecule has 0 unspecified atom stereocenters. The molecular weight excluding hydrogens is 266 g/mol. The van der Waals surface area contributed by atoms with E-state index in [0.717, 1.165) is 0 Å². The summed E-state index contributed by atoms with van der Waals surface area (Å²) in [7, 11) is -2.13. The standard InChI is InChI=1S/C12H19N3O3S/c1-12(2,8-13)15-19(17,18)10-6-4-9(5-7-10)11(16)14-3/h4-7,15H,8,13H2,1-3H3,(H,14,16). The minimum absolute atomic E-state index is 0.0988. The van der Waals surface area contributed by atoms with Crippen molar-refractivity contribution >= 4 is 15.9 Å². The third-order valence-corrected chi connectivity index (χ3v) is 4.29. The number of nitrogens with two attached hydrogens (primary N) is 1. The molecular formula is C12H19N3O3S. The van der Waals surface area contributed by atoms with E-state index in [1.54, 1.807) is 13.8 Å². The normalized spacial score (nSPS) is 12.2. The summed E-state index contributed by atoms with van der Waals surface area (Å²) in [6.45, 7) is 3.58. The molecule has 1 aromatic carbocycles. The Hall–Kier alpha value is -1.44. The smallest absolute Gasteiger partial charge is 0.251 e. The summed E-state index contributed by atoms with van der Waals surface area (Å²) < 4.78 is 26.7. The lowest BCUT2D eigenvalue weighted by molar-refractivity contribution is 0.0963. The van der Waals surface area contributed by atoms with Crippen molar-refractivity contribution < 1.29 is 13.2 Å². The monoisotopic (exact) mass is 285 g/mol. The number of hydrogen-bond donors (Lipinski definition) is 3. The Labute approximate surface area is 113 Å². The summed E-state index contributed by atoms with van der Waals surface area (Å²) >= 11 is 0. The summed E-state index contributed by atoms with van der Waals surface area (Å²) in [5.41, 5.74) is 5.17. The Balaban J connectivity index is 3.01. The molecule has 0 aliphatic carbocycles. The first-order valence-electron chi connectivity index (χ1n) is 5.78. The summed E-state index contributed by atoms with van der Waals surface area (Å²) in [5, 5.41) is 2.47. The lowest BCUT2D eigenvalue weighted by atomic mass is 10.1. The molecule has 0 radical (unpaired) electrons. The zero-order valence-corrected chi connectivity index (χ0v) is 12.0. The van der Waals surface area contributed by atoms with Crippen molar-refractivity contribution in [1.29, 1.82) is 0 Å². The number of nitrogens with one attached hydrogen (secondary N) is 2. The number of benzene rings is 1. The summed E-state index contributed by atoms with van der Waals surface area (Å²) in [4.78, 5) is 11.5. The van der Waals surface area contributed by atoms with E-state index in [2.05, 4.69) is 10.0 Å². The predicted molar refractivity (Wildman–Crippen MR) is 73.3 cm³/mol. The van der Waals surface area contributed by atoms with Crippen LogP contribution in [0.15, 0.2) is 29.2 Å². The Bertz CT molecular complexity index is 550. The van der Waals surface area contributed by atoms with Crippen molar-refractivity contribution in [3.63, 3.8) is 0 Å². The van der Waals surface area contributed by atoms with E-state index in [4.69, 9.17) is 5.73 Å². The van der Waals surface area contributed by atoms with Gasteiger partial charge in [-0.15, -0.1) is 0 Å². The molecule has 6 nitrogen and oxygen atoms in total. The van der Waals surface area contributed by atoms with E-state index in [0.29, 0.717) is 5.56 Å². The lowest BCUT2D eigenvalue weighted by Gasteiger charge is -2.23. The van der Waals surface area contributed by atoms with E-state index in [1.165, 1.54) is 31.3 Å². The molecule has 1 rings (SSSR count). The van der Waals surface area contributed by atoms with Gasteiger partial charge in [0.15, 0.2) is 0 Å². The number of amides is 1. The van der Waals surface area contributed by atoms with Crippen molar-refractivity contribution in [2.24, 2.45) is 5.73 Å². The van der Waals surface area contributed by atoms with Gasteiger partial charge >= 0.3 is 0 Å². The Morgan fingerprint density at radius 3 is 2.21 bits per heavy atom. The van der Waals surface area contributed by atoms with Crippen LogP contribution in [0, 0.1) is 0 Å². The third-order valence-electron chi connectivity index (χ3n) is 2.57. The van der Waals surface area contributed by atoms with Gasteiger partial charge < -0.3 is 11.1 Å². The molecule has 0 saturated heterocycles. The minimum Gasteiger partial charge on any atom is -0.355 e. The highest BCUT2D eigenvalue weighted by Crippen LogP contribution is 2.13. The van der Waals surface area contributed by atoms with Crippen molar-refractivity contribution in [2.75, 3.05) is 13.6 Å². The first kappa shape index (κ1) is 15.6. The van der Waals surface area contributed by atoms with Gasteiger partial charge in [-0.3, -0.25) is 4.79 Å². The van der Waals surface area contributed by atoms with Crippen LogP contribution in [0.2, 0.25) is 0 Å². The molecule has 7 heteroatoms. The molecule has 0 bridgehead atoms. The second-order valence-corrected chi connectivity index (χ2v) is 6.48. The van der Waals surface area contributed by atoms with E-state index < -0.39 is 15.6 Å². The molecule has 0 aliphatic rings. The quantitative estimate of drug-likeness (QED) is 0.712. The van der Waals surface area contributed by atoms with Gasteiger partial charge in [0.05, 0.1) is 4.90 Å². The Morgan fingerprint density at radius 2 is 1.79 bits per heavy atom. The molecule has 19 heavy (non-hydrogen) atoms. The minimum atomic E-state index is -3.64. The zero-order valence-electron chi connectivity index (χ0n) is 11.2. The number of sulfonamides is 1. The van der Waals surface area contributed by atoms with Crippen LogP contribution in [0.25, 0.3) is 0 Å². The fourth-order valence-corrected chi connectivity index (χ4v) is 2.82. The molecule has 106 valence electrons. The third kappa shape index (κ3) is 4.02. The largest absolute Gasteiger partial charge is 0.355 e. The van der Waals surface area contributed by atoms with Crippen LogP contribution < -0.4 is 15.8 Å². The molecule has 0 heterocycles. The molecule has 4 N–H and O–H groups in total. The average molecular weight is 285 g/mol. The Morgan fingerprint density at radius 1 is 1.26 bits per heavy atom. The molecule has 0 atom stereocenters. The van der Waals surface area contributed by atoms with Gasteiger partial charge in [-0.25, -0.2) is 13.1 Å². The highest BCUT2D eigenvalue weighted by Gasteiger charge is 2.24. The second-order valence-electron chi connectivity index (χ2n) is 4.80. The van der Waals surface area contributed by atoms with E-state index >= 15 is 0 Å². The number of carbonyl (C=O) groups is 1.